The van der Waals surface area contributed by atoms with Crippen LogP contribution in [0, 0.1) is 13.8 Å². The quantitative estimate of drug-likeness (QED) is 0.334. The average molecular weight is 463 g/mol. The van der Waals surface area contributed by atoms with Gasteiger partial charge in [0.25, 0.3) is 11.7 Å². The van der Waals surface area contributed by atoms with Gasteiger partial charge in [-0.2, -0.15) is 0 Å². The smallest absolute Gasteiger partial charge is 0.300 e. The number of pyridine rings is 1. The van der Waals surface area contributed by atoms with Gasteiger partial charge >= 0.3 is 0 Å². The second-order valence-electron chi connectivity index (χ2n) is 7.15. The van der Waals surface area contributed by atoms with Crippen LogP contribution in [0.5, 0.6) is 0 Å². The van der Waals surface area contributed by atoms with Crippen molar-refractivity contribution in [2.24, 2.45) is 0 Å². The highest BCUT2D eigenvalue weighted by Crippen LogP contribution is 2.42. The number of benzene rings is 2. The molecule has 4 rings (SSSR count). The zero-order chi connectivity index (χ0) is 21.4. The minimum atomic E-state index is -0.824. The molecule has 1 N–H and O–H groups in total. The summed E-state index contributed by atoms with van der Waals surface area (Å²) >= 11 is 3.37. The normalized spacial score (nSPS) is 18.1. The highest BCUT2D eigenvalue weighted by molar-refractivity contribution is 9.10. The number of amides is 1. The monoisotopic (exact) mass is 462 g/mol. The maximum Gasteiger partial charge on any atom is 0.300 e. The lowest BCUT2D eigenvalue weighted by Crippen LogP contribution is -2.30. The number of aryl methyl sites for hydroxylation is 1. The van der Waals surface area contributed by atoms with Gasteiger partial charge in [-0.05, 0) is 55.3 Å². The average Bonchev–Trinajstić information content (AvgIpc) is 3.01. The van der Waals surface area contributed by atoms with E-state index in [1.807, 2.05) is 32.0 Å². The Morgan fingerprint density at radius 3 is 2.40 bits per heavy atom. The molecule has 150 valence electrons. The van der Waals surface area contributed by atoms with Crippen molar-refractivity contribution in [3.63, 3.8) is 0 Å². The third kappa shape index (κ3) is 3.33. The van der Waals surface area contributed by atoms with Crippen LogP contribution in [0.1, 0.15) is 28.4 Å². The highest BCUT2D eigenvalue weighted by Gasteiger charge is 2.48. The lowest BCUT2D eigenvalue weighted by atomic mass is 9.97. The number of hydrogen-bond acceptors (Lipinski definition) is 4. The Hall–Kier alpha value is -3.25. The van der Waals surface area contributed by atoms with E-state index in [1.54, 1.807) is 48.7 Å². The number of aliphatic hydroxyl groups is 1. The lowest BCUT2D eigenvalue weighted by Gasteiger charge is -2.26. The van der Waals surface area contributed by atoms with E-state index in [4.69, 9.17) is 0 Å². The lowest BCUT2D eigenvalue weighted by molar-refractivity contribution is -0.132. The fraction of sp³-hybridized carbons (Fsp3) is 0.125. The predicted molar refractivity (Wildman–Crippen MR) is 119 cm³/mol. The maximum atomic E-state index is 13.1. The van der Waals surface area contributed by atoms with Crippen LogP contribution in [0.15, 0.2) is 76.9 Å². The largest absolute Gasteiger partial charge is 0.507 e. The number of anilines is 1. The molecule has 1 aliphatic heterocycles. The molecule has 1 atom stereocenters. The first-order valence-corrected chi connectivity index (χ1v) is 10.2. The number of hydrogen-bond donors (Lipinski definition) is 1. The topological polar surface area (TPSA) is 70.5 Å². The molecule has 5 nitrogen and oxygen atoms in total. The number of aromatic nitrogens is 1. The summed E-state index contributed by atoms with van der Waals surface area (Å²) in [5.41, 5.74) is 3.52. The van der Waals surface area contributed by atoms with Gasteiger partial charge in [-0.3, -0.25) is 19.5 Å². The molecule has 0 aliphatic carbocycles. The molecule has 1 saturated heterocycles. The van der Waals surface area contributed by atoms with E-state index in [1.165, 1.54) is 4.90 Å². The number of aliphatic hydroxyl groups excluding tert-OH is 1. The van der Waals surface area contributed by atoms with Crippen molar-refractivity contribution in [2.45, 2.75) is 19.9 Å². The number of halogens is 1. The number of Topliss-reactive ketones (excluding diaryl/α,β-unsaturated/α-hetero) is 1. The summed E-state index contributed by atoms with van der Waals surface area (Å²) in [5.74, 6) is -1.63. The summed E-state index contributed by atoms with van der Waals surface area (Å²) in [4.78, 5) is 32.1. The molecule has 0 bridgehead atoms. The molecule has 6 heteroatoms. The molecule has 1 amide bonds. The molecule has 2 aromatic carbocycles. The van der Waals surface area contributed by atoms with E-state index >= 15 is 0 Å². The third-order valence-corrected chi connectivity index (χ3v) is 5.89. The number of rotatable bonds is 3. The molecule has 2 heterocycles. The molecular formula is C24H19BrN2O3. The summed E-state index contributed by atoms with van der Waals surface area (Å²) in [6.45, 7) is 3.86. The first-order chi connectivity index (χ1) is 14.4. The minimum absolute atomic E-state index is 0.0296. The molecule has 0 saturated carbocycles. The molecule has 30 heavy (non-hydrogen) atoms. The van der Waals surface area contributed by atoms with E-state index in [-0.39, 0.29) is 11.3 Å². The van der Waals surface area contributed by atoms with Crippen molar-refractivity contribution >= 4 is 39.1 Å². The van der Waals surface area contributed by atoms with Crippen molar-refractivity contribution < 1.29 is 14.7 Å². The zero-order valence-electron chi connectivity index (χ0n) is 16.5. The van der Waals surface area contributed by atoms with Gasteiger partial charge in [0.2, 0.25) is 0 Å². The molecule has 1 unspecified atom stereocenters. The van der Waals surface area contributed by atoms with Gasteiger partial charge in [-0.1, -0.05) is 46.3 Å². The van der Waals surface area contributed by atoms with Crippen molar-refractivity contribution in [1.82, 2.24) is 4.98 Å². The van der Waals surface area contributed by atoms with Crippen LogP contribution >= 0.6 is 15.9 Å². The van der Waals surface area contributed by atoms with Crippen LogP contribution in [0.3, 0.4) is 0 Å². The van der Waals surface area contributed by atoms with Gasteiger partial charge in [-0.15, -0.1) is 0 Å². The summed E-state index contributed by atoms with van der Waals surface area (Å²) < 4.78 is 0.844. The van der Waals surface area contributed by atoms with E-state index in [0.717, 1.165) is 15.6 Å². The maximum absolute atomic E-state index is 13.1. The Balaban J connectivity index is 1.97. The Morgan fingerprint density at radius 1 is 1.00 bits per heavy atom. The number of nitrogens with zero attached hydrogens (tertiary/aromatic N) is 2. The molecular weight excluding hydrogens is 444 g/mol. The molecule has 0 radical (unpaired) electrons. The summed E-state index contributed by atoms with van der Waals surface area (Å²) in [5, 5.41) is 11.1. The third-order valence-electron chi connectivity index (χ3n) is 5.37. The number of ketones is 1. The Kier molecular flexibility index (Phi) is 5.26. The van der Waals surface area contributed by atoms with E-state index in [2.05, 4.69) is 20.9 Å². The fourth-order valence-corrected chi connectivity index (χ4v) is 3.92. The van der Waals surface area contributed by atoms with Crippen LogP contribution in [-0.4, -0.2) is 21.8 Å². The summed E-state index contributed by atoms with van der Waals surface area (Å²) in [6.07, 6.45) is 1.61. The summed E-state index contributed by atoms with van der Waals surface area (Å²) in [6, 6.07) is 17.0. The van der Waals surface area contributed by atoms with Gasteiger partial charge in [0, 0.05) is 21.9 Å². The second-order valence-corrected chi connectivity index (χ2v) is 8.07. The van der Waals surface area contributed by atoms with Crippen LogP contribution in [-0.2, 0) is 9.59 Å². The Bertz CT molecular complexity index is 1170. The summed E-state index contributed by atoms with van der Waals surface area (Å²) in [7, 11) is 0. The van der Waals surface area contributed by atoms with Crippen LogP contribution in [0.2, 0.25) is 0 Å². The van der Waals surface area contributed by atoms with Crippen molar-refractivity contribution in [1.29, 1.82) is 0 Å². The van der Waals surface area contributed by atoms with Crippen molar-refractivity contribution in [3.8, 4) is 0 Å². The van der Waals surface area contributed by atoms with E-state index in [9.17, 15) is 14.7 Å². The van der Waals surface area contributed by atoms with Gasteiger partial charge in [-0.25, -0.2) is 0 Å². The first-order valence-electron chi connectivity index (χ1n) is 9.44. The number of carbonyl (C=O) groups excluding carboxylic acids is 2. The van der Waals surface area contributed by atoms with Crippen LogP contribution in [0.25, 0.3) is 5.76 Å². The SMILES string of the molecule is Cc1cccc(N2C(=O)C(=O)/C(=C(/O)c3ccc(Br)cc3)C2c2ccccn2)c1C. The van der Waals surface area contributed by atoms with Crippen molar-refractivity contribution in [3.05, 3.63) is 99.3 Å². The molecule has 3 aromatic rings. The van der Waals surface area contributed by atoms with Crippen LogP contribution < -0.4 is 4.90 Å². The van der Waals surface area contributed by atoms with E-state index < -0.39 is 17.7 Å². The van der Waals surface area contributed by atoms with Crippen LogP contribution in [0.4, 0.5) is 5.69 Å². The van der Waals surface area contributed by atoms with Gasteiger partial charge in [0.15, 0.2) is 0 Å². The Morgan fingerprint density at radius 2 is 1.73 bits per heavy atom. The van der Waals surface area contributed by atoms with Crippen molar-refractivity contribution in [2.75, 3.05) is 4.90 Å². The Labute approximate surface area is 182 Å². The number of carbonyl (C=O) groups is 2. The first kappa shape index (κ1) is 20.0. The second kappa shape index (κ2) is 7.88. The molecule has 0 spiro atoms. The molecule has 1 fully saturated rings. The zero-order valence-corrected chi connectivity index (χ0v) is 18.1. The molecule has 1 aliphatic rings. The van der Waals surface area contributed by atoms with Gasteiger partial charge in [0.05, 0.1) is 11.3 Å². The molecule has 1 aromatic heterocycles. The van der Waals surface area contributed by atoms with Gasteiger partial charge < -0.3 is 5.11 Å². The van der Waals surface area contributed by atoms with Gasteiger partial charge in [0.1, 0.15) is 11.8 Å². The highest BCUT2D eigenvalue weighted by atomic mass is 79.9. The fourth-order valence-electron chi connectivity index (χ4n) is 3.66. The van der Waals surface area contributed by atoms with E-state index in [0.29, 0.717) is 16.9 Å². The standard InChI is InChI=1S/C24H19BrN2O3/c1-14-6-5-8-19(15(14)2)27-21(18-7-3-4-13-26-18)20(23(29)24(27)30)22(28)16-9-11-17(25)12-10-16/h3-13,21,28H,1-2H3/b22-20+. The predicted octanol–water partition coefficient (Wildman–Crippen LogP) is 5.09. The minimum Gasteiger partial charge on any atom is -0.507 e.